The Morgan fingerprint density at radius 3 is 3.22 bits per heavy atom. The molecule has 1 fully saturated rings. The van der Waals surface area contributed by atoms with Gasteiger partial charge in [-0.25, -0.2) is 4.98 Å². The molecule has 0 aliphatic carbocycles. The first-order valence-electron chi connectivity index (χ1n) is 6.22. The zero-order valence-electron chi connectivity index (χ0n) is 10.6. The average Bonchev–Trinajstić information content (AvgIpc) is 2.93. The molecule has 2 N–H and O–H groups in total. The molecule has 0 aromatic carbocycles. The maximum Gasteiger partial charge on any atom is 0.303 e. The molecule has 100 valence electrons. The van der Waals surface area contributed by atoms with Crippen molar-refractivity contribution in [3.8, 4) is 0 Å². The summed E-state index contributed by atoms with van der Waals surface area (Å²) in [5, 5.41) is 14.8. The number of aromatic nitrogens is 1. The van der Waals surface area contributed by atoms with Crippen molar-refractivity contribution in [2.24, 2.45) is 5.92 Å². The van der Waals surface area contributed by atoms with Crippen LogP contribution in [-0.4, -0.2) is 47.6 Å². The second kappa shape index (κ2) is 6.15. The first-order chi connectivity index (χ1) is 8.63. The second-order valence-corrected chi connectivity index (χ2v) is 5.69. The van der Waals surface area contributed by atoms with E-state index in [0.717, 1.165) is 23.9 Å². The van der Waals surface area contributed by atoms with Crippen molar-refractivity contribution in [1.29, 1.82) is 0 Å². The number of nitrogens with one attached hydrogen (secondary N) is 1. The highest BCUT2D eigenvalue weighted by Gasteiger charge is 2.19. The van der Waals surface area contributed by atoms with Gasteiger partial charge in [-0.05, 0) is 25.9 Å². The van der Waals surface area contributed by atoms with Gasteiger partial charge in [0.05, 0.1) is 12.1 Å². The van der Waals surface area contributed by atoms with Gasteiger partial charge in [-0.3, -0.25) is 4.79 Å². The molecule has 5 nitrogen and oxygen atoms in total. The summed E-state index contributed by atoms with van der Waals surface area (Å²) < 4.78 is 0. The minimum absolute atomic E-state index is 0.149. The van der Waals surface area contributed by atoms with Crippen LogP contribution in [0.5, 0.6) is 0 Å². The van der Waals surface area contributed by atoms with E-state index in [1.54, 1.807) is 11.3 Å². The minimum atomic E-state index is -0.772. The molecule has 6 heteroatoms. The Kier molecular flexibility index (Phi) is 4.54. The van der Waals surface area contributed by atoms with E-state index in [9.17, 15) is 4.79 Å². The van der Waals surface area contributed by atoms with Crippen LogP contribution in [0.2, 0.25) is 0 Å². The van der Waals surface area contributed by atoms with Crippen LogP contribution in [0.1, 0.15) is 18.5 Å². The van der Waals surface area contributed by atoms with Gasteiger partial charge in [0.15, 0.2) is 5.13 Å². The van der Waals surface area contributed by atoms with Crippen LogP contribution >= 0.6 is 11.3 Å². The van der Waals surface area contributed by atoms with Gasteiger partial charge in [0.1, 0.15) is 0 Å². The van der Waals surface area contributed by atoms with Gasteiger partial charge < -0.3 is 15.3 Å². The maximum absolute atomic E-state index is 10.5. The monoisotopic (exact) mass is 269 g/mol. The number of hydrogen-bond acceptors (Lipinski definition) is 5. The highest BCUT2D eigenvalue weighted by atomic mass is 32.1. The number of rotatable bonds is 6. The number of likely N-dealkylation sites (tertiary alicyclic amines) is 1. The standard InChI is InChI=1S/C12H19N3O2S/c1-15-5-4-9(7-15)6-13-12-14-10(8-18-12)2-3-11(16)17/h8-9H,2-7H2,1H3,(H,13,14)(H,16,17). The van der Waals surface area contributed by atoms with Gasteiger partial charge >= 0.3 is 5.97 Å². The van der Waals surface area contributed by atoms with Crippen molar-refractivity contribution < 1.29 is 9.90 Å². The molecule has 18 heavy (non-hydrogen) atoms. The number of thiazole rings is 1. The molecule has 1 aliphatic rings. The number of carbonyl (C=O) groups is 1. The van der Waals surface area contributed by atoms with Gasteiger partial charge in [-0.15, -0.1) is 11.3 Å². The summed E-state index contributed by atoms with van der Waals surface area (Å²) in [7, 11) is 2.15. The summed E-state index contributed by atoms with van der Waals surface area (Å²) in [5.74, 6) is -0.0760. The Balaban J connectivity index is 1.74. The van der Waals surface area contributed by atoms with Crippen molar-refractivity contribution in [2.45, 2.75) is 19.3 Å². The Morgan fingerprint density at radius 2 is 2.56 bits per heavy atom. The zero-order chi connectivity index (χ0) is 13.0. The van der Waals surface area contributed by atoms with E-state index in [2.05, 4.69) is 22.2 Å². The third kappa shape index (κ3) is 3.96. The molecular formula is C12H19N3O2S. The van der Waals surface area contributed by atoms with Gasteiger partial charge in [0, 0.05) is 24.9 Å². The number of anilines is 1. The molecule has 0 radical (unpaired) electrons. The van der Waals surface area contributed by atoms with E-state index in [-0.39, 0.29) is 6.42 Å². The van der Waals surface area contributed by atoms with Crippen LogP contribution in [-0.2, 0) is 11.2 Å². The summed E-state index contributed by atoms with van der Waals surface area (Å²) >= 11 is 1.56. The van der Waals surface area contributed by atoms with E-state index >= 15 is 0 Å². The Bertz CT molecular complexity index is 408. The lowest BCUT2D eigenvalue weighted by atomic mass is 10.1. The summed E-state index contributed by atoms with van der Waals surface area (Å²) in [6.07, 6.45) is 1.90. The van der Waals surface area contributed by atoms with Crippen molar-refractivity contribution in [1.82, 2.24) is 9.88 Å². The zero-order valence-corrected chi connectivity index (χ0v) is 11.4. The third-order valence-corrected chi connectivity index (χ3v) is 4.03. The van der Waals surface area contributed by atoms with Crippen molar-refractivity contribution in [2.75, 3.05) is 32.0 Å². The minimum Gasteiger partial charge on any atom is -0.481 e. The van der Waals surface area contributed by atoms with Crippen molar-refractivity contribution >= 4 is 22.4 Å². The SMILES string of the molecule is CN1CCC(CNc2nc(CCC(=O)O)cs2)C1. The van der Waals surface area contributed by atoms with Crippen molar-refractivity contribution in [3.63, 3.8) is 0 Å². The van der Waals surface area contributed by atoms with Crippen molar-refractivity contribution in [3.05, 3.63) is 11.1 Å². The fourth-order valence-electron chi connectivity index (χ4n) is 2.16. The number of nitrogens with zero attached hydrogens (tertiary/aromatic N) is 2. The summed E-state index contributed by atoms with van der Waals surface area (Å²) in [6, 6.07) is 0. The van der Waals surface area contributed by atoms with E-state index < -0.39 is 5.97 Å². The summed E-state index contributed by atoms with van der Waals surface area (Å²) in [5.41, 5.74) is 0.869. The molecule has 2 rings (SSSR count). The largest absolute Gasteiger partial charge is 0.481 e. The number of aliphatic carboxylic acids is 1. The number of carboxylic acids is 1. The van der Waals surface area contributed by atoms with Gasteiger partial charge in [0.25, 0.3) is 0 Å². The van der Waals surface area contributed by atoms with Crippen LogP contribution < -0.4 is 5.32 Å². The quantitative estimate of drug-likeness (QED) is 0.820. The molecule has 1 unspecified atom stereocenters. The molecular weight excluding hydrogens is 250 g/mol. The number of aryl methyl sites for hydroxylation is 1. The first-order valence-corrected chi connectivity index (χ1v) is 7.10. The van der Waals surface area contributed by atoms with Crippen LogP contribution in [0.25, 0.3) is 0 Å². The molecule has 0 amide bonds. The smallest absolute Gasteiger partial charge is 0.303 e. The van der Waals surface area contributed by atoms with E-state index in [1.807, 2.05) is 5.38 Å². The van der Waals surface area contributed by atoms with Gasteiger partial charge in [-0.2, -0.15) is 0 Å². The predicted octanol–water partition coefficient (Wildman–Crippen LogP) is 1.52. The average molecular weight is 269 g/mol. The van der Waals surface area contributed by atoms with E-state index in [0.29, 0.717) is 12.3 Å². The normalized spacial score (nSPS) is 20.2. The summed E-state index contributed by atoms with van der Waals surface area (Å²) in [4.78, 5) is 17.2. The number of hydrogen-bond donors (Lipinski definition) is 2. The lowest BCUT2D eigenvalue weighted by Gasteiger charge is -2.10. The highest BCUT2D eigenvalue weighted by molar-refractivity contribution is 7.13. The van der Waals surface area contributed by atoms with Gasteiger partial charge in [-0.1, -0.05) is 0 Å². The second-order valence-electron chi connectivity index (χ2n) is 4.84. The van der Waals surface area contributed by atoms with Crippen LogP contribution in [0.4, 0.5) is 5.13 Å². The van der Waals surface area contributed by atoms with Crippen LogP contribution in [0.15, 0.2) is 5.38 Å². The van der Waals surface area contributed by atoms with Crippen LogP contribution in [0, 0.1) is 5.92 Å². The lowest BCUT2D eigenvalue weighted by molar-refractivity contribution is -0.136. The Labute approximate surface area is 111 Å². The molecule has 1 aliphatic heterocycles. The molecule has 0 bridgehead atoms. The van der Waals surface area contributed by atoms with Gasteiger partial charge in [0.2, 0.25) is 0 Å². The molecule has 2 heterocycles. The summed E-state index contributed by atoms with van der Waals surface area (Å²) in [6.45, 7) is 3.27. The fraction of sp³-hybridized carbons (Fsp3) is 0.667. The first kappa shape index (κ1) is 13.3. The topological polar surface area (TPSA) is 65.5 Å². The Hall–Kier alpha value is -1.14. The molecule has 0 saturated carbocycles. The van der Waals surface area contributed by atoms with E-state index in [4.69, 9.17) is 5.11 Å². The molecule has 1 atom stereocenters. The molecule has 0 spiro atoms. The predicted molar refractivity (Wildman–Crippen MR) is 72.2 cm³/mol. The maximum atomic E-state index is 10.5. The third-order valence-electron chi connectivity index (χ3n) is 3.18. The Morgan fingerprint density at radius 1 is 1.72 bits per heavy atom. The number of carboxylic acid groups (broad SMARTS) is 1. The lowest BCUT2D eigenvalue weighted by Crippen LogP contribution is -2.19. The highest BCUT2D eigenvalue weighted by Crippen LogP contribution is 2.19. The molecule has 1 aromatic heterocycles. The van der Waals surface area contributed by atoms with E-state index in [1.165, 1.54) is 13.0 Å². The molecule has 1 saturated heterocycles. The van der Waals surface area contributed by atoms with Crippen LogP contribution in [0.3, 0.4) is 0 Å². The fourth-order valence-corrected chi connectivity index (χ4v) is 2.92. The molecule has 1 aromatic rings.